The minimum atomic E-state index is 0.471. The average molecular weight is 352 g/mol. The van der Waals surface area contributed by atoms with Gasteiger partial charge in [0.05, 0.1) is 0 Å². The van der Waals surface area contributed by atoms with E-state index in [2.05, 4.69) is 84.9 Å². The van der Waals surface area contributed by atoms with E-state index in [0.717, 1.165) is 12.1 Å². The Balaban J connectivity index is 2.16. The van der Waals surface area contributed by atoms with Gasteiger partial charge in [-0.3, -0.25) is 0 Å². The molecule has 2 aromatic carbocycles. The quantitative estimate of drug-likeness (QED) is 0.517. The van der Waals surface area contributed by atoms with Gasteiger partial charge in [0.2, 0.25) is 0 Å². The summed E-state index contributed by atoms with van der Waals surface area (Å²) < 4.78 is 0. The highest BCUT2D eigenvalue weighted by Gasteiger charge is 2.12. The first-order valence-electron chi connectivity index (χ1n) is 10.2. The number of benzene rings is 2. The second-order valence-electron chi connectivity index (χ2n) is 8.80. The van der Waals surface area contributed by atoms with Gasteiger partial charge in [0.15, 0.2) is 0 Å². The Hall–Kier alpha value is -1.76. The predicted octanol–water partition coefficient (Wildman–Crippen LogP) is 7.38. The van der Waals surface area contributed by atoms with Gasteiger partial charge in [-0.05, 0) is 70.4 Å². The number of nitrogens with two attached hydrogens (primary N) is 1. The van der Waals surface area contributed by atoms with Gasteiger partial charge >= 0.3 is 0 Å². The van der Waals surface area contributed by atoms with E-state index in [4.69, 9.17) is 5.73 Å². The highest BCUT2D eigenvalue weighted by molar-refractivity contribution is 5.50. The van der Waals surface area contributed by atoms with E-state index in [1.165, 1.54) is 34.2 Å². The van der Waals surface area contributed by atoms with Gasteiger partial charge < -0.3 is 5.73 Å². The number of aryl methyl sites for hydroxylation is 1. The molecule has 1 nitrogen and oxygen atoms in total. The highest BCUT2D eigenvalue weighted by atomic mass is 14.6. The molecule has 1 heteroatoms. The van der Waals surface area contributed by atoms with Crippen LogP contribution in [0.5, 0.6) is 0 Å². The molecule has 0 bridgehead atoms. The standard InChI is InChI=1S/C25H37N/c1-16(2)22-12-20(13-23(14-22)17(3)4)9-8-19(7)21-10-11-25(26)24(15-21)18(5)6/h10-19H,8-9,26H2,1-7H3. The van der Waals surface area contributed by atoms with Gasteiger partial charge in [0, 0.05) is 5.69 Å². The van der Waals surface area contributed by atoms with E-state index < -0.39 is 0 Å². The molecule has 0 spiro atoms. The smallest absolute Gasteiger partial charge is 0.0349 e. The molecule has 2 aromatic rings. The van der Waals surface area contributed by atoms with Crippen LogP contribution in [0.4, 0.5) is 5.69 Å². The first-order valence-corrected chi connectivity index (χ1v) is 10.2. The molecular formula is C25H37N. The minimum absolute atomic E-state index is 0.471. The van der Waals surface area contributed by atoms with Crippen molar-refractivity contribution in [2.45, 2.75) is 85.0 Å². The van der Waals surface area contributed by atoms with Crippen molar-refractivity contribution in [3.05, 3.63) is 64.2 Å². The van der Waals surface area contributed by atoms with Crippen LogP contribution in [0.25, 0.3) is 0 Å². The SMILES string of the molecule is CC(C)c1cc(CCC(C)c2ccc(N)c(C(C)C)c2)cc(C(C)C)c1. The second-order valence-corrected chi connectivity index (χ2v) is 8.80. The van der Waals surface area contributed by atoms with Crippen molar-refractivity contribution in [3.63, 3.8) is 0 Å². The fourth-order valence-corrected chi connectivity index (χ4v) is 3.51. The molecule has 142 valence electrons. The van der Waals surface area contributed by atoms with Crippen LogP contribution in [0, 0.1) is 0 Å². The van der Waals surface area contributed by atoms with Gasteiger partial charge in [-0.15, -0.1) is 0 Å². The Kier molecular flexibility index (Phi) is 6.92. The lowest BCUT2D eigenvalue weighted by atomic mass is 9.88. The Morgan fingerprint density at radius 2 is 1.27 bits per heavy atom. The summed E-state index contributed by atoms with van der Waals surface area (Å²) in [4.78, 5) is 0. The maximum absolute atomic E-state index is 6.15. The molecule has 2 rings (SSSR count). The molecule has 0 aliphatic carbocycles. The molecule has 0 aromatic heterocycles. The number of hydrogen-bond acceptors (Lipinski definition) is 1. The van der Waals surface area contributed by atoms with Crippen LogP contribution in [-0.2, 0) is 6.42 Å². The average Bonchev–Trinajstić information content (AvgIpc) is 2.59. The number of nitrogen functional groups attached to an aromatic ring is 1. The second kappa shape index (κ2) is 8.75. The van der Waals surface area contributed by atoms with Crippen LogP contribution < -0.4 is 5.73 Å². The van der Waals surface area contributed by atoms with E-state index in [-0.39, 0.29) is 0 Å². The molecule has 0 fully saturated rings. The van der Waals surface area contributed by atoms with Gasteiger partial charge in [0.25, 0.3) is 0 Å². The first-order chi connectivity index (χ1) is 12.2. The van der Waals surface area contributed by atoms with Crippen molar-refractivity contribution in [2.24, 2.45) is 0 Å². The normalized spacial score (nSPS) is 13.0. The van der Waals surface area contributed by atoms with Crippen LogP contribution in [0.1, 0.15) is 106 Å². The predicted molar refractivity (Wildman–Crippen MR) is 116 cm³/mol. The summed E-state index contributed by atoms with van der Waals surface area (Å²) in [6.45, 7) is 15.9. The van der Waals surface area contributed by atoms with E-state index in [9.17, 15) is 0 Å². The maximum atomic E-state index is 6.15. The third-order valence-electron chi connectivity index (χ3n) is 5.54. The zero-order valence-corrected chi connectivity index (χ0v) is 17.8. The van der Waals surface area contributed by atoms with Crippen molar-refractivity contribution >= 4 is 5.69 Å². The van der Waals surface area contributed by atoms with Crippen molar-refractivity contribution in [1.82, 2.24) is 0 Å². The molecule has 0 saturated carbocycles. The lowest BCUT2D eigenvalue weighted by Crippen LogP contribution is -2.03. The monoisotopic (exact) mass is 351 g/mol. The molecule has 1 unspecified atom stereocenters. The molecule has 0 radical (unpaired) electrons. The molecule has 0 heterocycles. The van der Waals surface area contributed by atoms with Crippen LogP contribution >= 0.6 is 0 Å². The Labute approximate surface area is 161 Å². The molecule has 0 aliphatic heterocycles. The largest absolute Gasteiger partial charge is 0.398 e. The van der Waals surface area contributed by atoms with Crippen LogP contribution in [0.3, 0.4) is 0 Å². The van der Waals surface area contributed by atoms with E-state index in [0.29, 0.717) is 23.7 Å². The number of hydrogen-bond donors (Lipinski definition) is 1. The summed E-state index contributed by atoms with van der Waals surface area (Å²) in [7, 11) is 0. The Bertz CT molecular complexity index is 699. The fraction of sp³-hybridized carbons (Fsp3) is 0.520. The maximum Gasteiger partial charge on any atom is 0.0349 e. The van der Waals surface area contributed by atoms with E-state index in [1.54, 1.807) is 0 Å². The topological polar surface area (TPSA) is 26.0 Å². The van der Waals surface area contributed by atoms with Crippen LogP contribution in [-0.4, -0.2) is 0 Å². The third kappa shape index (κ3) is 5.13. The zero-order chi connectivity index (χ0) is 19.4. The summed E-state index contributed by atoms with van der Waals surface area (Å²) >= 11 is 0. The highest BCUT2D eigenvalue weighted by Crippen LogP contribution is 2.30. The zero-order valence-electron chi connectivity index (χ0n) is 17.8. The van der Waals surface area contributed by atoms with Gasteiger partial charge in [-0.2, -0.15) is 0 Å². The fourth-order valence-electron chi connectivity index (χ4n) is 3.51. The van der Waals surface area contributed by atoms with E-state index in [1.807, 2.05) is 0 Å². The molecule has 0 saturated heterocycles. The van der Waals surface area contributed by atoms with E-state index >= 15 is 0 Å². The number of rotatable bonds is 7. The van der Waals surface area contributed by atoms with Crippen molar-refractivity contribution in [3.8, 4) is 0 Å². The Morgan fingerprint density at radius 1 is 0.692 bits per heavy atom. The first kappa shape index (κ1) is 20.6. The molecule has 1 atom stereocenters. The van der Waals surface area contributed by atoms with Crippen molar-refractivity contribution in [1.29, 1.82) is 0 Å². The van der Waals surface area contributed by atoms with Crippen LogP contribution in [0.15, 0.2) is 36.4 Å². The summed E-state index contributed by atoms with van der Waals surface area (Å²) in [6, 6.07) is 13.8. The Morgan fingerprint density at radius 3 is 1.77 bits per heavy atom. The van der Waals surface area contributed by atoms with Gasteiger partial charge in [-0.1, -0.05) is 78.8 Å². The number of anilines is 1. The molecule has 0 aliphatic rings. The molecule has 2 N–H and O–H groups in total. The third-order valence-corrected chi connectivity index (χ3v) is 5.54. The minimum Gasteiger partial charge on any atom is -0.398 e. The lowest BCUT2D eigenvalue weighted by molar-refractivity contribution is 0.675. The molecule has 26 heavy (non-hydrogen) atoms. The van der Waals surface area contributed by atoms with Gasteiger partial charge in [0.1, 0.15) is 0 Å². The molecule has 0 amide bonds. The summed E-state index contributed by atoms with van der Waals surface area (Å²) in [5, 5.41) is 0. The molecular weight excluding hydrogens is 314 g/mol. The summed E-state index contributed by atoms with van der Waals surface area (Å²) in [6.07, 6.45) is 2.30. The van der Waals surface area contributed by atoms with Crippen molar-refractivity contribution < 1.29 is 0 Å². The summed E-state index contributed by atoms with van der Waals surface area (Å²) in [5.74, 6) is 2.17. The summed E-state index contributed by atoms with van der Waals surface area (Å²) in [5.41, 5.74) is 14.2. The van der Waals surface area contributed by atoms with Gasteiger partial charge in [-0.25, -0.2) is 0 Å². The van der Waals surface area contributed by atoms with Crippen molar-refractivity contribution in [2.75, 3.05) is 5.73 Å². The van der Waals surface area contributed by atoms with Crippen LogP contribution in [0.2, 0.25) is 0 Å². The lowest BCUT2D eigenvalue weighted by Gasteiger charge is -2.18.